The predicted molar refractivity (Wildman–Crippen MR) is 105 cm³/mol. The summed E-state index contributed by atoms with van der Waals surface area (Å²) in [6.45, 7) is 5.82. The molecular formula is C20H27BrO2Si. The Morgan fingerprint density at radius 2 is 2.00 bits per heavy atom. The average Bonchev–Trinajstić information content (AvgIpc) is 2.73. The molecule has 0 amide bonds. The highest BCUT2D eigenvalue weighted by Crippen LogP contribution is 2.49. The van der Waals surface area contributed by atoms with Crippen molar-refractivity contribution in [3.05, 3.63) is 33.8 Å². The summed E-state index contributed by atoms with van der Waals surface area (Å²) >= 11 is 3.60. The molecule has 24 heavy (non-hydrogen) atoms. The second-order valence-electron chi connectivity index (χ2n) is 8.47. The van der Waals surface area contributed by atoms with E-state index in [0.29, 0.717) is 17.8 Å². The largest absolute Gasteiger partial charge is 0.460 e. The van der Waals surface area contributed by atoms with Gasteiger partial charge in [-0.05, 0) is 97.3 Å². The summed E-state index contributed by atoms with van der Waals surface area (Å²) in [4.78, 5) is 12.1. The topological polar surface area (TPSA) is 26.3 Å². The fraction of sp³-hybridized carbons (Fsp3) is 0.600. The molecular weight excluding hydrogens is 380 g/mol. The summed E-state index contributed by atoms with van der Waals surface area (Å²) in [6, 6.07) is 6.70. The summed E-state index contributed by atoms with van der Waals surface area (Å²) in [5.74, 6) is 0.446. The average molecular weight is 407 g/mol. The summed E-state index contributed by atoms with van der Waals surface area (Å²) in [5, 5.41) is 1.58. The first-order valence-corrected chi connectivity index (χ1v) is 10.4. The molecule has 2 aliphatic rings. The highest BCUT2D eigenvalue weighted by atomic mass is 79.9. The van der Waals surface area contributed by atoms with Crippen LogP contribution in [0.15, 0.2) is 22.7 Å². The van der Waals surface area contributed by atoms with Crippen LogP contribution in [0.4, 0.5) is 0 Å². The molecule has 0 aromatic heterocycles. The summed E-state index contributed by atoms with van der Waals surface area (Å²) in [7, 11) is 2.08. The molecule has 1 spiro atoms. The van der Waals surface area contributed by atoms with E-state index in [1.54, 1.807) is 5.17 Å². The molecule has 1 fully saturated rings. The molecule has 0 N–H and O–H groups in total. The van der Waals surface area contributed by atoms with Crippen molar-refractivity contribution in [3.8, 4) is 0 Å². The van der Waals surface area contributed by atoms with Crippen LogP contribution in [-0.2, 0) is 16.0 Å². The van der Waals surface area contributed by atoms with Crippen LogP contribution in [-0.4, -0.2) is 26.6 Å². The van der Waals surface area contributed by atoms with Gasteiger partial charge < -0.3 is 4.74 Å². The monoisotopic (exact) mass is 406 g/mol. The Bertz CT molecular complexity index is 667. The van der Waals surface area contributed by atoms with E-state index in [4.69, 9.17) is 4.74 Å². The van der Waals surface area contributed by atoms with Gasteiger partial charge in [-0.25, -0.2) is 0 Å². The van der Waals surface area contributed by atoms with Crippen LogP contribution >= 0.6 is 15.9 Å². The van der Waals surface area contributed by atoms with Crippen LogP contribution in [0.2, 0.25) is 0 Å². The van der Waals surface area contributed by atoms with Crippen LogP contribution in [0.3, 0.4) is 0 Å². The Morgan fingerprint density at radius 3 is 2.62 bits per heavy atom. The Labute approximate surface area is 156 Å². The lowest BCUT2D eigenvalue weighted by Gasteiger charge is -2.38. The van der Waals surface area contributed by atoms with E-state index in [0.717, 1.165) is 12.8 Å². The van der Waals surface area contributed by atoms with Crippen LogP contribution < -0.4 is 0 Å². The van der Waals surface area contributed by atoms with Crippen molar-refractivity contribution in [1.29, 1.82) is 0 Å². The number of carbonyl (C=O) groups excluding carboxylic acids is 1. The summed E-state index contributed by atoms with van der Waals surface area (Å²) < 4.78 is 6.66. The molecule has 0 bridgehead atoms. The number of halogens is 1. The standard InChI is InChI=1S/C20H27BrO2Si/c1-19(2,3)23-17(22)10-13-6-8-20(9-7-13)12-14-4-5-15(21)11-16(14)18(20)24/h4-5,11,13H,6-10,12,24H2,1-3H3. The van der Waals surface area contributed by atoms with Crippen molar-refractivity contribution in [2.75, 3.05) is 0 Å². The van der Waals surface area contributed by atoms with Crippen molar-refractivity contribution < 1.29 is 9.53 Å². The second kappa shape index (κ2) is 6.53. The predicted octanol–water partition coefficient (Wildman–Crippen LogP) is 4.07. The third-order valence-corrected chi connectivity index (χ3v) is 7.13. The Kier molecular flexibility index (Phi) is 4.91. The molecule has 4 heteroatoms. The van der Waals surface area contributed by atoms with Gasteiger partial charge in [0.1, 0.15) is 5.60 Å². The SMILES string of the molecule is CC(C)(C)OC(=O)CC1CCC2(CC1)Cc1ccc(Br)cc1C2=[SiH2]. The third-order valence-electron chi connectivity index (χ3n) is 5.50. The second-order valence-corrected chi connectivity index (χ2v) is 10.1. The van der Waals surface area contributed by atoms with Gasteiger partial charge in [0, 0.05) is 10.9 Å². The third kappa shape index (κ3) is 3.75. The Hall–Kier alpha value is -0.743. The fourth-order valence-corrected chi connectivity index (χ4v) is 5.44. The van der Waals surface area contributed by atoms with E-state index in [2.05, 4.69) is 44.0 Å². The first kappa shape index (κ1) is 18.1. The maximum atomic E-state index is 12.1. The molecule has 2 nitrogen and oxygen atoms in total. The highest BCUT2D eigenvalue weighted by Gasteiger charge is 2.43. The normalized spacial score (nSPS) is 26.5. The first-order valence-electron chi connectivity index (χ1n) is 8.89. The fourth-order valence-electron chi connectivity index (χ4n) is 4.27. The van der Waals surface area contributed by atoms with Gasteiger partial charge in [-0.15, -0.1) is 0 Å². The lowest BCUT2D eigenvalue weighted by molar-refractivity contribution is -0.156. The molecule has 130 valence electrons. The maximum absolute atomic E-state index is 12.1. The molecule has 1 aromatic carbocycles. The molecule has 0 aliphatic heterocycles. The van der Waals surface area contributed by atoms with Crippen molar-refractivity contribution in [2.24, 2.45) is 11.3 Å². The summed E-state index contributed by atoms with van der Waals surface area (Å²) in [5.41, 5.74) is 2.91. The highest BCUT2D eigenvalue weighted by molar-refractivity contribution is 9.10. The van der Waals surface area contributed by atoms with Gasteiger partial charge in [-0.3, -0.25) is 4.79 Å². The van der Waals surface area contributed by atoms with Crippen molar-refractivity contribution >= 4 is 36.9 Å². The van der Waals surface area contributed by atoms with Gasteiger partial charge in [0.15, 0.2) is 0 Å². The maximum Gasteiger partial charge on any atom is 0.306 e. The number of ether oxygens (including phenoxy) is 1. The minimum absolute atomic E-state index is 0.0373. The lowest BCUT2D eigenvalue weighted by atomic mass is 9.68. The number of hydrogen-bond acceptors (Lipinski definition) is 2. The molecule has 0 saturated heterocycles. The van der Waals surface area contributed by atoms with Crippen LogP contribution in [0.5, 0.6) is 0 Å². The molecule has 0 atom stereocenters. The number of fused-ring (bicyclic) bond motifs is 1. The summed E-state index contributed by atoms with van der Waals surface area (Å²) in [6.07, 6.45) is 6.42. The minimum Gasteiger partial charge on any atom is -0.460 e. The number of esters is 1. The molecule has 1 saturated carbocycles. The van der Waals surface area contributed by atoms with Gasteiger partial charge in [-0.2, -0.15) is 0 Å². The molecule has 3 rings (SSSR count). The van der Waals surface area contributed by atoms with Gasteiger partial charge in [0.05, 0.1) is 0 Å². The Balaban J connectivity index is 1.62. The van der Waals surface area contributed by atoms with E-state index in [1.807, 2.05) is 20.8 Å². The lowest BCUT2D eigenvalue weighted by Crippen LogP contribution is -2.35. The van der Waals surface area contributed by atoms with Gasteiger partial charge in [0.25, 0.3) is 0 Å². The van der Waals surface area contributed by atoms with Gasteiger partial charge in [-0.1, -0.05) is 27.2 Å². The van der Waals surface area contributed by atoms with Crippen molar-refractivity contribution in [1.82, 2.24) is 0 Å². The molecule has 0 heterocycles. The van der Waals surface area contributed by atoms with Gasteiger partial charge >= 0.3 is 5.97 Å². The zero-order valence-corrected chi connectivity index (χ0v) is 18.0. The smallest absolute Gasteiger partial charge is 0.306 e. The van der Waals surface area contributed by atoms with Crippen molar-refractivity contribution in [2.45, 2.75) is 64.9 Å². The van der Waals surface area contributed by atoms with E-state index in [1.165, 1.54) is 34.9 Å². The number of hydrogen-bond donors (Lipinski definition) is 0. The first-order chi connectivity index (χ1) is 11.2. The van der Waals surface area contributed by atoms with E-state index in [-0.39, 0.29) is 11.6 Å². The Morgan fingerprint density at radius 1 is 1.33 bits per heavy atom. The quantitative estimate of drug-likeness (QED) is 0.546. The van der Waals surface area contributed by atoms with Crippen LogP contribution in [0.25, 0.3) is 0 Å². The van der Waals surface area contributed by atoms with Gasteiger partial charge in [0.2, 0.25) is 0 Å². The number of rotatable bonds is 2. The molecule has 1 aromatic rings. The minimum atomic E-state index is -0.376. The molecule has 0 unspecified atom stereocenters. The zero-order valence-electron chi connectivity index (χ0n) is 15.0. The van der Waals surface area contributed by atoms with E-state index < -0.39 is 0 Å². The van der Waals surface area contributed by atoms with E-state index in [9.17, 15) is 4.79 Å². The molecule has 2 aliphatic carbocycles. The zero-order chi connectivity index (χ0) is 17.5. The number of benzene rings is 1. The van der Waals surface area contributed by atoms with E-state index >= 15 is 0 Å². The van der Waals surface area contributed by atoms with Crippen molar-refractivity contribution in [3.63, 3.8) is 0 Å². The molecule has 0 radical (unpaired) electrons. The van der Waals surface area contributed by atoms with Crippen LogP contribution in [0.1, 0.15) is 64.0 Å². The van der Waals surface area contributed by atoms with Crippen LogP contribution in [0, 0.1) is 11.3 Å². The number of carbonyl (C=O) groups is 1.